The van der Waals surface area contributed by atoms with Gasteiger partial charge >= 0.3 is 5.97 Å². The Morgan fingerprint density at radius 1 is 1.53 bits per heavy atom. The molecule has 0 N–H and O–H groups in total. The number of rotatable bonds is 3. The summed E-state index contributed by atoms with van der Waals surface area (Å²) in [5, 5.41) is 1.25. The van der Waals surface area contributed by atoms with Gasteiger partial charge in [-0.2, -0.15) is 0 Å². The Hall–Kier alpha value is -0.810. The molecule has 19 heavy (non-hydrogen) atoms. The number of carbonyl (C=O) groups is 1. The first-order valence-corrected chi connectivity index (χ1v) is 6.71. The van der Waals surface area contributed by atoms with E-state index in [0.717, 1.165) is 12.1 Å². The number of morpholine rings is 1. The lowest BCUT2D eigenvalue weighted by molar-refractivity contribution is -0.160. The van der Waals surface area contributed by atoms with Crippen LogP contribution >= 0.6 is 23.2 Å². The highest BCUT2D eigenvalue weighted by atomic mass is 35.5. The Morgan fingerprint density at radius 3 is 3.00 bits per heavy atom. The molecule has 1 aromatic rings. The van der Waals surface area contributed by atoms with Crippen molar-refractivity contribution in [3.05, 3.63) is 33.8 Å². The zero-order valence-electron chi connectivity index (χ0n) is 10.6. The molecular formula is C13H15Cl2NO3. The van der Waals surface area contributed by atoms with Crippen molar-refractivity contribution in [2.45, 2.75) is 12.6 Å². The average Bonchev–Trinajstić information content (AvgIpc) is 2.41. The van der Waals surface area contributed by atoms with Crippen LogP contribution < -0.4 is 0 Å². The molecule has 1 atom stereocenters. The summed E-state index contributed by atoms with van der Waals surface area (Å²) in [6, 6.07) is 5.42. The van der Waals surface area contributed by atoms with E-state index in [1.807, 2.05) is 6.07 Å². The molecule has 0 spiro atoms. The van der Waals surface area contributed by atoms with Gasteiger partial charge in [0.25, 0.3) is 0 Å². The highest BCUT2D eigenvalue weighted by Gasteiger charge is 2.27. The number of esters is 1. The summed E-state index contributed by atoms with van der Waals surface area (Å²) in [4.78, 5) is 13.6. The summed E-state index contributed by atoms with van der Waals surface area (Å²) >= 11 is 12.0. The van der Waals surface area contributed by atoms with Gasteiger partial charge in [0.15, 0.2) is 6.10 Å². The maximum atomic E-state index is 11.5. The van der Waals surface area contributed by atoms with Crippen LogP contribution in [0.2, 0.25) is 10.0 Å². The highest BCUT2D eigenvalue weighted by molar-refractivity contribution is 6.35. The molecule has 0 aliphatic carbocycles. The Bertz CT molecular complexity index is 467. The predicted octanol–water partition coefficient (Wildman–Crippen LogP) is 2.37. The van der Waals surface area contributed by atoms with Crippen molar-refractivity contribution < 1.29 is 14.3 Å². The lowest BCUT2D eigenvalue weighted by Gasteiger charge is -2.31. The third kappa shape index (κ3) is 3.83. The standard InChI is InChI=1S/C13H15Cl2NO3/c1-18-13(17)12-8-16(4-5-19-12)7-9-2-3-10(14)6-11(9)15/h2-3,6,12H,4-5,7-8H2,1H3. The van der Waals surface area contributed by atoms with Crippen LogP contribution in [0.4, 0.5) is 0 Å². The summed E-state index contributed by atoms with van der Waals surface area (Å²) in [6.45, 7) is 2.43. The highest BCUT2D eigenvalue weighted by Crippen LogP contribution is 2.23. The van der Waals surface area contributed by atoms with Crippen LogP contribution in [0.3, 0.4) is 0 Å². The number of hydrogen-bond acceptors (Lipinski definition) is 4. The van der Waals surface area contributed by atoms with Gasteiger partial charge < -0.3 is 9.47 Å². The number of carbonyl (C=O) groups excluding carboxylic acids is 1. The molecule has 0 amide bonds. The number of ether oxygens (including phenoxy) is 2. The van der Waals surface area contributed by atoms with Crippen molar-refractivity contribution in [1.29, 1.82) is 0 Å². The van der Waals surface area contributed by atoms with Gasteiger partial charge in [0, 0.05) is 29.7 Å². The molecule has 1 heterocycles. The molecule has 6 heteroatoms. The van der Waals surface area contributed by atoms with Crippen LogP contribution in [0.25, 0.3) is 0 Å². The molecule has 1 aliphatic heterocycles. The van der Waals surface area contributed by atoms with Crippen molar-refractivity contribution >= 4 is 29.2 Å². The molecule has 2 rings (SSSR count). The predicted molar refractivity (Wildman–Crippen MR) is 73.5 cm³/mol. The number of benzene rings is 1. The number of nitrogens with zero attached hydrogens (tertiary/aromatic N) is 1. The van der Waals surface area contributed by atoms with E-state index in [-0.39, 0.29) is 5.97 Å². The summed E-state index contributed by atoms with van der Waals surface area (Å²) in [6.07, 6.45) is -0.523. The van der Waals surface area contributed by atoms with Crippen LogP contribution in [0, 0.1) is 0 Å². The third-order valence-corrected chi connectivity index (χ3v) is 3.61. The topological polar surface area (TPSA) is 38.8 Å². The molecule has 1 aromatic carbocycles. The first-order valence-electron chi connectivity index (χ1n) is 5.96. The maximum absolute atomic E-state index is 11.5. The first-order chi connectivity index (χ1) is 9.10. The fourth-order valence-corrected chi connectivity index (χ4v) is 2.48. The normalized spacial score (nSPS) is 20.3. The second kappa shape index (κ2) is 6.57. The van der Waals surface area contributed by atoms with E-state index in [9.17, 15) is 4.79 Å². The minimum Gasteiger partial charge on any atom is -0.467 e. The van der Waals surface area contributed by atoms with Crippen molar-refractivity contribution in [3.8, 4) is 0 Å². The van der Waals surface area contributed by atoms with Crippen molar-refractivity contribution in [2.75, 3.05) is 26.8 Å². The van der Waals surface area contributed by atoms with Crippen LogP contribution in [0.15, 0.2) is 18.2 Å². The molecule has 0 saturated carbocycles. The molecule has 1 unspecified atom stereocenters. The van der Waals surface area contributed by atoms with Gasteiger partial charge in [0.05, 0.1) is 13.7 Å². The van der Waals surface area contributed by atoms with Gasteiger partial charge in [0.2, 0.25) is 0 Å². The zero-order valence-corrected chi connectivity index (χ0v) is 12.1. The van der Waals surface area contributed by atoms with Gasteiger partial charge in [-0.1, -0.05) is 29.3 Å². The minimum atomic E-state index is -0.523. The van der Waals surface area contributed by atoms with Crippen LogP contribution in [0.1, 0.15) is 5.56 Å². The fourth-order valence-electron chi connectivity index (χ4n) is 2.01. The van der Waals surface area contributed by atoms with Crippen molar-refractivity contribution in [3.63, 3.8) is 0 Å². The number of hydrogen-bond donors (Lipinski definition) is 0. The fraction of sp³-hybridized carbons (Fsp3) is 0.462. The van der Waals surface area contributed by atoms with E-state index >= 15 is 0 Å². The molecule has 0 aromatic heterocycles. The minimum absolute atomic E-state index is 0.341. The second-order valence-electron chi connectivity index (χ2n) is 4.35. The Balaban J connectivity index is 2.00. The number of methoxy groups -OCH3 is 1. The van der Waals surface area contributed by atoms with Gasteiger partial charge in [-0.15, -0.1) is 0 Å². The second-order valence-corrected chi connectivity index (χ2v) is 5.20. The molecule has 0 bridgehead atoms. The van der Waals surface area contributed by atoms with E-state index in [0.29, 0.717) is 29.7 Å². The smallest absolute Gasteiger partial charge is 0.336 e. The molecule has 0 radical (unpaired) electrons. The van der Waals surface area contributed by atoms with Crippen molar-refractivity contribution in [1.82, 2.24) is 4.90 Å². The van der Waals surface area contributed by atoms with E-state index in [2.05, 4.69) is 4.90 Å². The van der Waals surface area contributed by atoms with E-state index < -0.39 is 6.10 Å². The summed E-state index contributed by atoms with van der Waals surface area (Å²) in [7, 11) is 1.36. The SMILES string of the molecule is COC(=O)C1CN(Cc2ccc(Cl)cc2Cl)CCO1. The van der Waals surface area contributed by atoms with Gasteiger partial charge in [0.1, 0.15) is 0 Å². The Labute approximate surface area is 122 Å². The molecule has 4 nitrogen and oxygen atoms in total. The number of halogens is 2. The average molecular weight is 304 g/mol. The van der Waals surface area contributed by atoms with E-state index in [1.54, 1.807) is 12.1 Å². The van der Waals surface area contributed by atoms with Gasteiger partial charge in [-0.25, -0.2) is 4.79 Å². The molecule has 1 saturated heterocycles. The van der Waals surface area contributed by atoms with Gasteiger partial charge in [-0.3, -0.25) is 4.90 Å². The molecule has 1 fully saturated rings. The lowest BCUT2D eigenvalue weighted by atomic mass is 10.2. The maximum Gasteiger partial charge on any atom is 0.336 e. The summed E-state index contributed by atoms with van der Waals surface area (Å²) in [5.74, 6) is -0.341. The third-order valence-electron chi connectivity index (χ3n) is 3.02. The summed E-state index contributed by atoms with van der Waals surface area (Å²) < 4.78 is 10.1. The lowest BCUT2D eigenvalue weighted by Crippen LogP contribution is -2.46. The zero-order chi connectivity index (χ0) is 13.8. The van der Waals surface area contributed by atoms with Crippen molar-refractivity contribution in [2.24, 2.45) is 0 Å². The van der Waals surface area contributed by atoms with E-state index in [1.165, 1.54) is 7.11 Å². The largest absolute Gasteiger partial charge is 0.467 e. The summed E-state index contributed by atoms with van der Waals surface area (Å²) in [5.41, 5.74) is 0.983. The van der Waals surface area contributed by atoms with E-state index in [4.69, 9.17) is 32.7 Å². The van der Waals surface area contributed by atoms with Crippen LogP contribution in [-0.4, -0.2) is 43.8 Å². The monoisotopic (exact) mass is 303 g/mol. The Morgan fingerprint density at radius 2 is 2.32 bits per heavy atom. The molecule has 104 valence electrons. The quantitative estimate of drug-likeness (QED) is 0.804. The Kier molecular flexibility index (Phi) is 5.05. The van der Waals surface area contributed by atoms with Crippen LogP contribution in [0.5, 0.6) is 0 Å². The molecule has 1 aliphatic rings. The molecular weight excluding hydrogens is 289 g/mol. The first kappa shape index (κ1) is 14.6. The van der Waals surface area contributed by atoms with Crippen LogP contribution in [-0.2, 0) is 20.8 Å². The van der Waals surface area contributed by atoms with Gasteiger partial charge in [-0.05, 0) is 17.7 Å².